The van der Waals surface area contributed by atoms with Gasteiger partial charge in [0.25, 0.3) is 0 Å². The largest absolute Gasteiger partial charge is 0.464 e. The van der Waals surface area contributed by atoms with E-state index in [2.05, 4.69) is 9.72 Å². The van der Waals surface area contributed by atoms with E-state index in [1.54, 1.807) is 0 Å². The number of hydrogen-bond donors (Lipinski definition) is 0. The van der Waals surface area contributed by atoms with E-state index in [-0.39, 0.29) is 5.69 Å². The molecule has 2 rings (SSSR count). The summed E-state index contributed by atoms with van der Waals surface area (Å²) in [5.74, 6) is -0.499. The fourth-order valence-electron chi connectivity index (χ4n) is 1.40. The van der Waals surface area contributed by atoms with Gasteiger partial charge >= 0.3 is 5.97 Å². The van der Waals surface area contributed by atoms with Gasteiger partial charge in [-0.2, -0.15) is 0 Å². The minimum atomic E-state index is -0.499. The Morgan fingerprint density at radius 2 is 2.25 bits per heavy atom. The van der Waals surface area contributed by atoms with Crippen LogP contribution in [0.15, 0.2) is 0 Å². The number of anilines is 1. The first-order valence-electron chi connectivity index (χ1n) is 4.79. The van der Waals surface area contributed by atoms with Gasteiger partial charge in [-0.3, -0.25) is 0 Å². The molecule has 1 saturated heterocycles. The van der Waals surface area contributed by atoms with Crippen molar-refractivity contribution >= 4 is 34.0 Å². The molecule has 0 saturated carbocycles. The van der Waals surface area contributed by atoms with Crippen LogP contribution in [0.4, 0.5) is 5.13 Å². The van der Waals surface area contributed by atoms with E-state index in [0.29, 0.717) is 17.6 Å². The van der Waals surface area contributed by atoms with E-state index in [1.807, 2.05) is 4.90 Å². The molecule has 0 aliphatic carbocycles. The highest BCUT2D eigenvalue weighted by Crippen LogP contribution is 2.31. The Kier molecular flexibility index (Phi) is 3.63. The number of hydrogen-bond acceptors (Lipinski definition) is 6. The third-order valence-corrected chi connectivity index (χ3v) is 3.55. The molecule has 0 spiro atoms. The van der Waals surface area contributed by atoms with Crippen LogP contribution in [0, 0.1) is 0 Å². The third-order valence-electron chi connectivity index (χ3n) is 2.23. The molecule has 0 radical (unpaired) electrons. The van der Waals surface area contributed by atoms with Crippen LogP contribution in [0.2, 0.25) is 4.34 Å². The summed E-state index contributed by atoms with van der Waals surface area (Å²) < 4.78 is 10.2. The number of esters is 1. The number of aromatic nitrogens is 1. The van der Waals surface area contributed by atoms with Gasteiger partial charge in [0.15, 0.2) is 10.8 Å². The minimum Gasteiger partial charge on any atom is -0.464 e. The Bertz CT molecular complexity index is 390. The summed E-state index contributed by atoms with van der Waals surface area (Å²) >= 11 is 7.22. The van der Waals surface area contributed by atoms with E-state index in [0.717, 1.165) is 18.2 Å². The molecule has 16 heavy (non-hydrogen) atoms. The summed E-state index contributed by atoms with van der Waals surface area (Å²) in [5.41, 5.74) is 0.190. The Balaban J connectivity index is 2.19. The first-order valence-corrected chi connectivity index (χ1v) is 5.99. The number of morpholine rings is 1. The summed E-state index contributed by atoms with van der Waals surface area (Å²) in [4.78, 5) is 17.6. The first-order chi connectivity index (χ1) is 7.72. The third kappa shape index (κ3) is 2.28. The maximum absolute atomic E-state index is 11.3. The predicted octanol–water partition coefficient (Wildman–Crippen LogP) is 1.42. The minimum absolute atomic E-state index is 0.190. The average Bonchev–Trinajstić information content (AvgIpc) is 2.71. The predicted molar refractivity (Wildman–Crippen MR) is 61.5 cm³/mol. The topological polar surface area (TPSA) is 51.7 Å². The van der Waals surface area contributed by atoms with Crippen LogP contribution in [0.3, 0.4) is 0 Å². The molecule has 0 N–H and O–H groups in total. The Morgan fingerprint density at radius 3 is 2.88 bits per heavy atom. The molecular weight excluding hydrogens is 252 g/mol. The molecule has 1 aromatic rings. The van der Waals surface area contributed by atoms with Crippen molar-refractivity contribution in [2.24, 2.45) is 0 Å². The van der Waals surface area contributed by atoms with Gasteiger partial charge in [-0.25, -0.2) is 9.78 Å². The number of ether oxygens (including phenoxy) is 2. The molecule has 1 aromatic heterocycles. The van der Waals surface area contributed by atoms with E-state index < -0.39 is 5.97 Å². The molecule has 0 atom stereocenters. The maximum atomic E-state index is 11.3. The second kappa shape index (κ2) is 4.99. The van der Waals surface area contributed by atoms with Gasteiger partial charge in [-0.05, 0) is 0 Å². The van der Waals surface area contributed by atoms with Crippen molar-refractivity contribution in [2.75, 3.05) is 38.3 Å². The van der Waals surface area contributed by atoms with E-state index in [1.165, 1.54) is 18.4 Å². The van der Waals surface area contributed by atoms with Crippen LogP contribution >= 0.6 is 22.9 Å². The molecule has 1 aliphatic rings. The quantitative estimate of drug-likeness (QED) is 0.755. The van der Waals surface area contributed by atoms with Crippen molar-refractivity contribution in [3.63, 3.8) is 0 Å². The molecule has 2 heterocycles. The molecular formula is C9H11ClN2O3S. The first kappa shape index (κ1) is 11.6. The van der Waals surface area contributed by atoms with Crippen LogP contribution in [0.25, 0.3) is 0 Å². The van der Waals surface area contributed by atoms with Crippen molar-refractivity contribution in [1.82, 2.24) is 4.98 Å². The summed E-state index contributed by atoms with van der Waals surface area (Å²) in [5, 5.41) is 0.744. The fraction of sp³-hybridized carbons (Fsp3) is 0.556. The van der Waals surface area contributed by atoms with Crippen molar-refractivity contribution < 1.29 is 14.3 Å². The van der Waals surface area contributed by atoms with Gasteiger partial charge in [0, 0.05) is 13.1 Å². The number of methoxy groups -OCH3 is 1. The van der Waals surface area contributed by atoms with Crippen molar-refractivity contribution in [1.29, 1.82) is 0 Å². The highest BCUT2D eigenvalue weighted by atomic mass is 35.5. The van der Waals surface area contributed by atoms with E-state index >= 15 is 0 Å². The number of rotatable bonds is 2. The average molecular weight is 263 g/mol. The molecule has 7 heteroatoms. The summed E-state index contributed by atoms with van der Waals surface area (Å²) in [6.45, 7) is 2.88. The van der Waals surface area contributed by atoms with Gasteiger partial charge in [-0.1, -0.05) is 22.9 Å². The Hall–Kier alpha value is -0.850. The molecule has 0 bridgehead atoms. The SMILES string of the molecule is COC(=O)c1nc(N2CCOCC2)sc1Cl. The highest BCUT2D eigenvalue weighted by Gasteiger charge is 2.21. The molecule has 88 valence electrons. The molecule has 0 unspecified atom stereocenters. The zero-order valence-corrected chi connectivity index (χ0v) is 10.3. The van der Waals surface area contributed by atoms with Crippen molar-refractivity contribution in [2.45, 2.75) is 0 Å². The van der Waals surface area contributed by atoms with Crippen LogP contribution < -0.4 is 4.90 Å². The molecule has 5 nitrogen and oxygen atoms in total. The fourth-order valence-corrected chi connectivity index (χ4v) is 2.56. The van der Waals surface area contributed by atoms with Gasteiger partial charge < -0.3 is 14.4 Å². The summed E-state index contributed by atoms with van der Waals surface area (Å²) in [6.07, 6.45) is 0. The highest BCUT2D eigenvalue weighted by molar-refractivity contribution is 7.19. The lowest BCUT2D eigenvalue weighted by molar-refractivity contribution is 0.0595. The van der Waals surface area contributed by atoms with E-state index in [9.17, 15) is 4.79 Å². The van der Waals surface area contributed by atoms with Crippen LogP contribution in [0.5, 0.6) is 0 Å². The van der Waals surface area contributed by atoms with Crippen LogP contribution in [0.1, 0.15) is 10.5 Å². The van der Waals surface area contributed by atoms with E-state index in [4.69, 9.17) is 16.3 Å². The number of carbonyl (C=O) groups is 1. The number of nitrogens with zero attached hydrogens (tertiary/aromatic N) is 2. The van der Waals surface area contributed by atoms with Crippen molar-refractivity contribution in [3.05, 3.63) is 10.0 Å². The number of carbonyl (C=O) groups excluding carboxylic acids is 1. The monoisotopic (exact) mass is 262 g/mol. The van der Waals surface area contributed by atoms with Gasteiger partial charge in [0.1, 0.15) is 4.34 Å². The van der Waals surface area contributed by atoms with Crippen molar-refractivity contribution in [3.8, 4) is 0 Å². The molecule has 0 amide bonds. The van der Waals surface area contributed by atoms with Crippen LogP contribution in [-0.2, 0) is 9.47 Å². The smallest absolute Gasteiger partial charge is 0.359 e. The normalized spacial score (nSPS) is 16.2. The molecule has 1 aliphatic heterocycles. The zero-order chi connectivity index (χ0) is 11.5. The van der Waals surface area contributed by atoms with Gasteiger partial charge in [0.05, 0.1) is 20.3 Å². The lowest BCUT2D eigenvalue weighted by atomic mass is 10.4. The Labute approximate surface area is 102 Å². The van der Waals surface area contributed by atoms with Crippen LogP contribution in [-0.4, -0.2) is 44.4 Å². The molecule has 0 aromatic carbocycles. The standard InChI is InChI=1S/C9H11ClN2O3S/c1-14-8(13)6-7(10)16-9(11-6)12-2-4-15-5-3-12/h2-5H2,1H3. The lowest BCUT2D eigenvalue weighted by Crippen LogP contribution is -2.36. The Morgan fingerprint density at radius 1 is 1.56 bits per heavy atom. The lowest BCUT2D eigenvalue weighted by Gasteiger charge is -2.25. The number of thiazole rings is 1. The second-order valence-corrected chi connectivity index (χ2v) is 4.79. The van der Waals surface area contributed by atoms with Gasteiger partial charge in [-0.15, -0.1) is 0 Å². The van der Waals surface area contributed by atoms with Gasteiger partial charge in [0.2, 0.25) is 0 Å². The second-order valence-electron chi connectivity index (χ2n) is 3.21. The zero-order valence-electron chi connectivity index (χ0n) is 8.73. The summed E-state index contributed by atoms with van der Waals surface area (Å²) in [6, 6.07) is 0. The summed E-state index contributed by atoms with van der Waals surface area (Å²) in [7, 11) is 1.31. The number of halogens is 1. The molecule has 1 fully saturated rings. The maximum Gasteiger partial charge on any atom is 0.359 e.